The van der Waals surface area contributed by atoms with Crippen LogP contribution in [0.25, 0.3) is 0 Å². The second-order valence-electron chi connectivity index (χ2n) is 5.58. The average molecular weight is 415 g/mol. The maximum Gasteiger partial charge on any atom is 0.176 e. The highest BCUT2D eigenvalue weighted by Gasteiger charge is 2.04. The van der Waals surface area contributed by atoms with E-state index in [-0.39, 0.29) is 11.6 Å². The van der Waals surface area contributed by atoms with E-state index in [4.69, 9.17) is 24.4 Å². The lowest BCUT2D eigenvalue weighted by molar-refractivity contribution is 0.627. The summed E-state index contributed by atoms with van der Waals surface area (Å²) in [6, 6.07) is 16.9. The summed E-state index contributed by atoms with van der Waals surface area (Å²) < 4.78 is 25.9. The first-order valence-electron chi connectivity index (χ1n) is 8.12. The first kappa shape index (κ1) is 19.6. The van der Waals surface area contributed by atoms with Crippen molar-refractivity contribution in [1.29, 1.82) is 0 Å². The molecule has 0 unspecified atom stereocenters. The van der Waals surface area contributed by atoms with Gasteiger partial charge in [0.05, 0.1) is 0 Å². The highest BCUT2D eigenvalue weighted by Crippen LogP contribution is 2.13. The van der Waals surface area contributed by atoms with Crippen LogP contribution >= 0.6 is 24.4 Å². The Morgan fingerprint density at radius 1 is 0.607 bits per heavy atom. The van der Waals surface area contributed by atoms with E-state index in [1.165, 1.54) is 24.3 Å². The molecule has 0 saturated carbocycles. The van der Waals surface area contributed by atoms with Gasteiger partial charge in [-0.2, -0.15) is 0 Å². The largest absolute Gasteiger partial charge is 0.332 e. The number of benzene rings is 2. The Morgan fingerprint density at radius 2 is 1.00 bits per heavy atom. The van der Waals surface area contributed by atoms with E-state index < -0.39 is 0 Å². The van der Waals surface area contributed by atoms with E-state index in [0.717, 1.165) is 0 Å². The Hall–Kier alpha value is -3.17. The number of thiocarbonyl (C=S) groups is 2. The Bertz CT molecular complexity index is 902. The fraction of sp³-hybridized carbons (Fsp3) is 0. The SMILES string of the molecule is Fc1ccc(NC(=S)Nc2cccc(NC(=S)Nc3ccc(F)cc3)n2)cc1. The van der Waals surface area contributed by atoms with Crippen molar-refractivity contribution < 1.29 is 8.78 Å². The monoisotopic (exact) mass is 415 g/mol. The van der Waals surface area contributed by atoms with Gasteiger partial charge in [0.15, 0.2) is 10.2 Å². The van der Waals surface area contributed by atoms with Gasteiger partial charge in [-0.25, -0.2) is 13.8 Å². The van der Waals surface area contributed by atoms with Gasteiger partial charge in [0.1, 0.15) is 23.3 Å². The van der Waals surface area contributed by atoms with Crippen LogP contribution in [0.5, 0.6) is 0 Å². The van der Waals surface area contributed by atoms with Gasteiger partial charge in [-0.1, -0.05) is 6.07 Å². The summed E-state index contributed by atoms with van der Waals surface area (Å²) in [6.07, 6.45) is 0. The third-order valence-electron chi connectivity index (χ3n) is 3.44. The van der Waals surface area contributed by atoms with Gasteiger partial charge in [-0.05, 0) is 85.1 Å². The summed E-state index contributed by atoms with van der Waals surface area (Å²) in [5.74, 6) is 0.341. The maximum absolute atomic E-state index is 12.9. The molecule has 3 rings (SSSR count). The number of aromatic nitrogens is 1. The van der Waals surface area contributed by atoms with Crippen molar-refractivity contribution in [2.24, 2.45) is 0 Å². The fourth-order valence-electron chi connectivity index (χ4n) is 2.20. The quantitative estimate of drug-likeness (QED) is 0.449. The van der Waals surface area contributed by atoms with Crippen molar-refractivity contribution >= 4 is 57.7 Å². The van der Waals surface area contributed by atoms with Crippen LogP contribution in [0.15, 0.2) is 66.7 Å². The second kappa shape index (κ2) is 9.16. The van der Waals surface area contributed by atoms with Crippen LogP contribution in [0.4, 0.5) is 31.8 Å². The van der Waals surface area contributed by atoms with Gasteiger partial charge in [0, 0.05) is 11.4 Å². The van der Waals surface area contributed by atoms with Crippen molar-refractivity contribution in [1.82, 2.24) is 4.98 Å². The van der Waals surface area contributed by atoms with Crippen LogP contribution in [0.2, 0.25) is 0 Å². The van der Waals surface area contributed by atoms with Gasteiger partial charge in [0.25, 0.3) is 0 Å². The molecule has 2 aromatic carbocycles. The lowest BCUT2D eigenvalue weighted by Gasteiger charge is -2.13. The van der Waals surface area contributed by atoms with Crippen molar-refractivity contribution in [3.05, 3.63) is 78.4 Å². The molecule has 0 radical (unpaired) electrons. The smallest absolute Gasteiger partial charge is 0.176 e. The minimum Gasteiger partial charge on any atom is -0.332 e. The summed E-state index contributed by atoms with van der Waals surface area (Å²) in [6.45, 7) is 0. The molecule has 0 aliphatic rings. The lowest BCUT2D eigenvalue weighted by Crippen LogP contribution is -2.22. The van der Waals surface area contributed by atoms with Crippen molar-refractivity contribution in [3.63, 3.8) is 0 Å². The zero-order valence-corrected chi connectivity index (χ0v) is 16.0. The number of nitrogens with one attached hydrogen (secondary N) is 4. The average Bonchev–Trinajstić information content (AvgIpc) is 2.66. The summed E-state index contributed by atoms with van der Waals surface area (Å²) in [4.78, 5) is 4.37. The lowest BCUT2D eigenvalue weighted by atomic mass is 10.3. The Kier molecular flexibility index (Phi) is 6.41. The van der Waals surface area contributed by atoms with E-state index in [1.54, 1.807) is 42.5 Å². The molecule has 28 heavy (non-hydrogen) atoms. The molecule has 3 aromatic rings. The Morgan fingerprint density at radius 3 is 1.39 bits per heavy atom. The third kappa shape index (κ3) is 5.93. The molecule has 0 fully saturated rings. The number of hydrogen-bond donors (Lipinski definition) is 4. The van der Waals surface area contributed by atoms with Crippen molar-refractivity contribution in [2.45, 2.75) is 0 Å². The summed E-state index contributed by atoms with van der Waals surface area (Å²) in [5, 5.41) is 12.4. The van der Waals surface area contributed by atoms with Gasteiger partial charge in [-0.15, -0.1) is 0 Å². The molecule has 5 nitrogen and oxygen atoms in total. The van der Waals surface area contributed by atoms with E-state index in [9.17, 15) is 8.78 Å². The summed E-state index contributed by atoms with van der Waals surface area (Å²) >= 11 is 10.5. The molecular formula is C19H15F2N5S2. The van der Waals surface area contributed by atoms with Crippen molar-refractivity contribution in [3.8, 4) is 0 Å². The van der Waals surface area contributed by atoms with Gasteiger partial charge >= 0.3 is 0 Å². The molecule has 4 N–H and O–H groups in total. The van der Waals surface area contributed by atoms with Crippen LogP contribution in [-0.4, -0.2) is 15.2 Å². The number of anilines is 4. The highest BCUT2D eigenvalue weighted by molar-refractivity contribution is 7.81. The predicted octanol–water partition coefficient (Wildman–Crippen LogP) is 4.98. The molecule has 1 aromatic heterocycles. The number of hydrogen-bond acceptors (Lipinski definition) is 3. The minimum absolute atomic E-state index is 0.309. The van der Waals surface area contributed by atoms with E-state index in [0.29, 0.717) is 33.2 Å². The fourth-order valence-corrected chi connectivity index (χ4v) is 2.64. The molecule has 0 aliphatic heterocycles. The number of pyridine rings is 1. The number of rotatable bonds is 4. The molecule has 0 amide bonds. The van der Waals surface area contributed by atoms with Crippen molar-refractivity contribution in [2.75, 3.05) is 21.3 Å². The zero-order chi connectivity index (χ0) is 19.9. The first-order chi connectivity index (χ1) is 13.5. The van der Waals surface area contributed by atoms with E-state index in [2.05, 4.69) is 26.3 Å². The second-order valence-corrected chi connectivity index (χ2v) is 6.40. The molecule has 9 heteroatoms. The Balaban J connectivity index is 1.57. The molecule has 0 saturated heterocycles. The van der Waals surface area contributed by atoms with E-state index in [1.807, 2.05) is 0 Å². The number of nitrogens with zero attached hydrogens (tertiary/aromatic N) is 1. The van der Waals surface area contributed by atoms with Crippen LogP contribution in [-0.2, 0) is 0 Å². The molecule has 0 bridgehead atoms. The Labute approximate surface area is 171 Å². The van der Waals surface area contributed by atoms with Crippen LogP contribution < -0.4 is 21.3 Å². The van der Waals surface area contributed by atoms with Crippen LogP contribution in [0.3, 0.4) is 0 Å². The molecule has 1 heterocycles. The first-order valence-corrected chi connectivity index (χ1v) is 8.94. The standard InChI is InChI=1S/C19H15F2N5S2/c20-12-4-8-14(9-5-12)22-18(27)25-16-2-1-3-17(24-16)26-19(28)23-15-10-6-13(21)7-11-15/h1-11H,(H4,22,23,24,25,26,27,28). The maximum atomic E-state index is 12.9. The van der Waals surface area contributed by atoms with E-state index >= 15 is 0 Å². The van der Waals surface area contributed by atoms with Crippen LogP contribution in [0, 0.1) is 11.6 Å². The molecular weight excluding hydrogens is 400 g/mol. The highest BCUT2D eigenvalue weighted by atomic mass is 32.1. The summed E-state index contributed by atoms with van der Waals surface area (Å²) in [7, 11) is 0. The third-order valence-corrected chi connectivity index (χ3v) is 3.84. The van der Waals surface area contributed by atoms with Gasteiger partial charge in [0.2, 0.25) is 0 Å². The van der Waals surface area contributed by atoms with Gasteiger partial charge < -0.3 is 21.3 Å². The minimum atomic E-state index is -0.324. The van der Waals surface area contributed by atoms with Crippen LogP contribution in [0.1, 0.15) is 0 Å². The number of halogens is 2. The molecule has 0 spiro atoms. The molecule has 142 valence electrons. The molecule has 0 aliphatic carbocycles. The van der Waals surface area contributed by atoms with Gasteiger partial charge in [-0.3, -0.25) is 0 Å². The normalized spacial score (nSPS) is 10.1. The molecule has 0 atom stereocenters. The predicted molar refractivity (Wildman–Crippen MR) is 117 cm³/mol. The summed E-state index contributed by atoms with van der Waals surface area (Å²) in [5.41, 5.74) is 1.30. The zero-order valence-electron chi connectivity index (χ0n) is 14.4. The topological polar surface area (TPSA) is 61.0 Å².